The van der Waals surface area contributed by atoms with E-state index < -0.39 is 0 Å². The van der Waals surface area contributed by atoms with Gasteiger partial charge in [-0.3, -0.25) is 4.90 Å². The van der Waals surface area contributed by atoms with E-state index in [-0.39, 0.29) is 6.61 Å². The van der Waals surface area contributed by atoms with Crippen molar-refractivity contribution in [2.24, 2.45) is 0 Å². The third-order valence-electron chi connectivity index (χ3n) is 4.15. The van der Waals surface area contributed by atoms with Crippen molar-refractivity contribution in [2.45, 2.75) is 39.3 Å². The minimum Gasteiger partial charge on any atom is -0.496 e. The summed E-state index contributed by atoms with van der Waals surface area (Å²) in [6, 6.07) is 4.53. The predicted molar refractivity (Wildman–Crippen MR) is 73.0 cm³/mol. The van der Waals surface area contributed by atoms with Crippen LogP contribution in [0.5, 0.6) is 5.75 Å². The lowest BCUT2D eigenvalue weighted by atomic mass is 10.0. The van der Waals surface area contributed by atoms with E-state index in [4.69, 9.17) is 4.74 Å². The molecule has 100 valence electrons. The molecule has 18 heavy (non-hydrogen) atoms. The van der Waals surface area contributed by atoms with Crippen LogP contribution < -0.4 is 4.74 Å². The lowest BCUT2D eigenvalue weighted by molar-refractivity contribution is 0.153. The van der Waals surface area contributed by atoms with Gasteiger partial charge in [-0.15, -0.1) is 0 Å². The normalized spacial score (nSPS) is 20.3. The molecule has 0 aliphatic carbocycles. The summed E-state index contributed by atoms with van der Waals surface area (Å²) < 4.78 is 5.34. The first-order chi connectivity index (χ1) is 8.67. The van der Waals surface area contributed by atoms with Gasteiger partial charge in [0, 0.05) is 12.6 Å². The van der Waals surface area contributed by atoms with Crippen molar-refractivity contribution in [3.63, 3.8) is 0 Å². The molecule has 1 atom stereocenters. The quantitative estimate of drug-likeness (QED) is 0.888. The van der Waals surface area contributed by atoms with Gasteiger partial charge >= 0.3 is 0 Å². The summed E-state index contributed by atoms with van der Waals surface area (Å²) in [5.41, 5.74) is 3.86. The van der Waals surface area contributed by atoms with Crippen molar-refractivity contribution in [1.82, 2.24) is 4.90 Å². The summed E-state index contributed by atoms with van der Waals surface area (Å²) in [5, 5.41) is 9.36. The molecule has 1 fully saturated rings. The van der Waals surface area contributed by atoms with Gasteiger partial charge in [0.25, 0.3) is 0 Å². The van der Waals surface area contributed by atoms with Crippen molar-refractivity contribution in [1.29, 1.82) is 0 Å². The molecule has 1 unspecified atom stereocenters. The van der Waals surface area contributed by atoms with Crippen LogP contribution in [0.25, 0.3) is 0 Å². The van der Waals surface area contributed by atoms with Gasteiger partial charge in [0.1, 0.15) is 5.75 Å². The molecule has 1 saturated heterocycles. The largest absolute Gasteiger partial charge is 0.496 e. The maximum Gasteiger partial charge on any atom is 0.122 e. The third kappa shape index (κ3) is 2.52. The Morgan fingerprint density at radius 2 is 2.11 bits per heavy atom. The second-order valence-corrected chi connectivity index (χ2v) is 5.13. The van der Waals surface area contributed by atoms with E-state index in [0.29, 0.717) is 6.04 Å². The van der Waals surface area contributed by atoms with Gasteiger partial charge in [0.2, 0.25) is 0 Å². The fourth-order valence-electron chi connectivity index (χ4n) is 2.77. The van der Waals surface area contributed by atoms with Crippen LogP contribution in [-0.2, 0) is 6.54 Å². The van der Waals surface area contributed by atoms with Crippen LogP contribution in [-0.4, -0.2) is 36.3 Å². The molecule has 0 radical (unpaired) electrons. The first-order valence-corrected chi connectivity index (χ1v) is 6.65. The van der Waals surface area contributed by atoms with Crippen LogP contribution in [0.4, 0.5) is 0 Å². The number of hydrogen-bond donors (Lipinski definition) is 1. The molecule has 0 aromatic heterocycles. The Kier molecular flexibility index (Phi) is 4.25. The van der Waals surface area contributed by atoms with Crippen molar-refractivity contribution in [3.05, 3.63) is 28.8 Å². The monoisotopic (exact) mass is 249 g/mol. The van der Waals surface area contributed by atoms with E-state index in [2.05, 4.69) is 24.8 Å². The lowest BCUT2D eigenvalue weighted by Crippen LogP contribution is -2.31. The van der Waals surface area contributed by atoms with Gasteiger partial charge in [-0.1, -0.05) is 6.07 Å². The molecule has 1 aliphatic rings. The smallest absolute Gasteiger partial charge is 0.122 e. The number of aliphatic hydroxyl groups is 1. The number of methoxy groups -OCH3 is 1. The number of likely N-dealkylation sites (tertiary alicyclic amines) is 1. The fraction of sp³-hybridized carbons (Fsp3) is 0.600. The van der Waals surface area contributed by atoms with Crippen LogP contribution >= 0.6 is 0 Å². The fourth-order valence-corrected chi connectivity index (χ4v) is 2.77. The molecule has 0 bridgehead atoms. The molecular weight excluding hydrogens is 226 g/mol. The number of benzene rings is 1. The van der Waals surface area contributed by atoms with Gasteiger partial charge in [-0.2, -0.15) is 0 Å². The highest BCUT2D eigenvalue weighted by Crippen LogP contribution is 2.27. The second kappa shape index (κ2) is 5.72. The Morgan fingerprint density at radius 1 is 1.33 bits per heavy atom. The maximum atomic E-state index is 9.36. The Morgan fingerprint density at radius 3 is 2.78 bits per heavy atom. The summed E-state index contributed by atoms with van der Waals surface area (Å²) in [5.74, 6) is 0.955. The highest BCUT2D eigenvalue weighted by molar-refractivity contribution is 5.43. The minimum absolute atomic E-state index is 0.272. The zero-order chi connectivity index (χ0) is 13.1. The molecule has 1 aliphatic heterocycles. The molecule has 3 nitrogen and oxygen atoms in total. The van der Waals surface area contributed by atoms with E-state index in [1.807, 2.05) is 6.07 Å². The highest BCUT2D eigenvalue weighted by Gasteiger charge is 2.24. The van der Waals surface area contributed by atoms with Crippen LogP contribution in [0.3, 0.4) is 0 Å². The standard InChI is InChI=1S/C15H23NO2/c1-11-12(2)15(18-3)7-6-13(11)9-16-8-4-5-14(16)10-17/h6-7,14,17H,4-5,8-10H2,1-3H3. The summed E-state index contributed by atoms with van der Waals surface area (Å²) >= 11 is 0. The minimum atomic E-state index is 0.272. The van der Waals surface area contributed by atoms with E-state index in [9.17, 15) is 5.11 Å². The third-order valence-corrected chi connectivity index (χ3v) is 4.15. The van der Waals surface area contributed by atoms with Crippen LogP contribution in [0.2, 0.25) is 0 Å². The topological polar surface area (TPSA) is 32.7 Å². The molecule has 2 rings (SSSR count). The molecule has 0 spiro atoms. The van der Waals surface area contributed by atoms with Crippen molar-refractivity contribution in [2.75, 3.05) is 20.3 Å². The van der Waals surface area contributed by atoms with E-state index in [1.54, 1.807) is 7.11 Å². The van der Waals surface area contributed by atoms with Crippen molar-refractivity contribution < 1.29 is 9.84 Å². The highest BCUT2D eigenvalue weighted by atomic mass is 16.5. The number of ether oxygens (including phenoxy) is 1. The Bertz CT molecular complexity index is 417. The first-order valence-electron chi connectivity index (χ1n) is 6.65. The SMILES string of the molecule is COc1ccc(CN2CCCC2CO)c(C)c1C. The molecule has 1 aromatic carbocycles. The average Bonchev–Trinajstić information content (AvgIpc) is 2.82. The number of aliphatic hydroxyl groups excluding tert-OH is 1. The summed E-state index contributed by atoms with van der Waals surface area (Å²) in [7, 11) is 1.71. The molecule has 3 heteroatoms. The number of nitrogens with zero attached hydrogens (tertiary/aromatic N) is 1. The molecule has 1 N–H and O–H groups in total. The van der Waals surface area contributed by atoms with Crippen molar-refractivity contribution in [3.8, 4) is 5.75 Å². The van der Waals surface area contributed by atoms with Crippen LogP contribution in [0.15, 0.2) is 12.1 Å². The summed E-state index contributed by atoms with van der Waals surface area (Å²) in [6.45, 7) is 6.55. The average molecular weight is 249 g/mol. The van der Waals surface area contributed by atoms with Gasteiger partial charge in [0.05, 0.1) is 13.7 Å². The molecular formula is C15H23NO2. The van der Waals surface area contributed by atoms with Crippen LogP contribution in [0, 0.1) is 13.8 Å². The zero-order valence-corrected chi connectivity index (χ0v) is 11.6. The Hall–Kier alpha value is -1.06. The lowest BCUT2D eigenvalue weighted by Gasteiger charge is -2.24. The number of hydrogen-bond acceptors (Lipinski definition) is 3. The number of rotatable bonds is 4. The van der Waals surface area contributed by atoms with Gasteiger partial charge in [-0.05, 0) is 56.0 Å². The first kappa shape index (κ1) is 13.4. The summed E-state index contributed by atoms with van der Waals surface area (Å²) in [6.07, 6.45) is 2.31. The molecule has 0 saturated carbocycles. The van der Waals surface area contributed by atoms with E-state index >= 15 is 0 Å². The van der Waals surface area contributed by atoms with Gasteiger partial charge in [-0.25, -0.2) is 0 Å². The maximum absolute atomic E-state index is 9.36. The van der Waals surface area contributed by atoms with Gasteiger partial charge < -0.3 is 9.84 Å². The van der Waals surface area contributed by atoms with E-state index in [0.717, 1.165) is 25.3 Å². The van der Waals surface area contributed by atoms with Crippen LogP contribution in [0.1, 0.15) is 29.5 Å². The second-order valence-electron chi connectivity index (χ2n) is 5.13. The Labute approximate surface area is 109 Å². The predicted octanol–water partition coefficient (Wildman–Crippen LogP) is 2.27. The molecule has 0 amide bonds. The Balaban J connectivity index is 2.17. The molecule has 1 heterocycles. The van der Waals surface area contributed by atoms with Crippen molar-refractivity contribution >= 4 is 0 Å². The van der Waals surface area contributed by atoms with Gasteiger partial charge in [0.15, 0.2) is 0 Å². The summed E-state index contributed by atoms with van der Waals surface area (Å²) in [4.78, 5) is 2.38. The van der Waals surface area contributed by atoms with E-state index in [1.165, 1.54) is 23.1 Å². The molecule has 1 aromatic rings. The zero-order valence-electron chi connectivity index (χ0n) is 11.6.